The zero-order valence-electron chi connectivity index (χ0n) is 12.1. The lowest BCUT2D eigenvalue weighted by Crippen LogP contribution is -2.55. The molecule has 0 radical (unpaired) electrons. The average molecular weight is 319 g/mol. The van der Waals surface area contributed by atoms with Gasteiger partial charge < -0.3 is 10.1 Å². The van der Waals surface area contributed by atoms with Crippen LogP contribution >= 0.6 is 0 Å². The Balaban J connectivity index is 5.06. The van der Waals surface area contributed by atoms with Gasteiger partial charge >= 0.3 is 24.0 Å². The average Bonchev–Trinajstić information content (AvgIpc) is 2.24. The second-order valence-electron chi connectivity index (χ2n) is 5.21. The first-order chi connectivity index (χ1) is 9.29. The summed E-state index contributed by atoms with van der Waals surface area (Å²) in [6.07, 6.45) is -6.74. The Bertz CT molecular complexity index is 380. The van der Waals surface area contributed by atoms with E-state index in [4.69, 9.17) is 4.74 Å². The van der Waals surface area contributed by atoms with Crippen molar-refractivity contribution in [2.45, 2.75) is 58.4 Å². The Kier molecular flexibility index (Phi) is 6.56. The lowest BCUT2D eigenvalue weighted by molar-refractivity contribution is -0.270. The molecule has 4 nitrogen and oxygen atoms in total. The third kappa shape index (κ3) is 5.84. The summed E-state index contributed by atoms with van der Waals surface area (Å²) in [4.78, 5) is 22.7. The maximum absolute atomic E-state index is 12.9. The molecule has 0 fully saturated rings. The monoisotopic (exact) mass is 319 g/mol. The number of carbonyl (C=O) groups excluding carboxylic acids is 2. The highest BCUT2D eigenvalue weighted by molar-refractivity contribution is 5.89. The number of amides is 1. The number of alkyl halides is 5. The van der Waals surface area contributed by atoms with E-state index in [2.05, 4.69) is 0 Å². The van der Waals surface area contributed by atoms with Crippen LogP contribution in [0.5, 0.6) is 0 Å². The van der Waals surface area contributed by atoms with Crippen molar-refractivity contribution in [3.63, 3.8) is 0 Å². The molecular formula is C12H18F5NO3. The minimum atomic E-state index is -6.03. The van der Waals surface area contributed by atoms with Crippen molar-refractivity contribution in [3.8, 4) is 0 Å². The molecule has 0 aliphatic carbocycles. The van der Waals surface area contributed by atoms with Gasteiger partial charge in [-0.3, -0.25) is 4.79 Å². The Morgan fingerprint density at radius 2 is 1.52 bits per heavy atom. The molecule has 0 saturated heterocycles. The van der Waals surface area contributed by atoms with E-state index >= 15 is 0 Å². The number of esters is 1. The maximum Gasteiger partial charge on any atom is 0.463 e. The van der Waals surface area contributed by atoms with Crippen LogP contribution < -0.4 is 5.32 Å². The first-order valence-corrected chi connectivity index (χ1v) is 6.25. The minimum Gasteiger partial charge on any atom is -0.461 e. The molecule has 9 heteroatoms. The van der Waals surface area contributed by atoms with Crippen molar-refractivity contribution >= 4 is 11.9 Å². The molecule has 0 aromatic heterocycles. The summed E-state index contributed by atoms with van der Waals surface area (Å²) in [5, 5.41) is 1.42. The van der Waals surface area contributed by atoms with Crippen LogP contribution in [0.4, 0.5) is 22.0 Å². The summed E-state index contributed by atoms with van der Waals surface area (Å²) >= 11 is 0. The molecule has 0 aliphatic heterocycles. The van der Waals surface area contributed by atoms with Crippen molar-refractivity contribution in [2.75, 3.05) is 0 Å². The fraction of sp³-hybridized carbons (Fsp3) is 0.833. The number of hydrogen-bond acceptors (Lipinski definition) is 3. The predicted molar refractivity (Wildman–Crippen MR) is 63.6 cm³/mol. The largest absolute Gasteiger partial charge is 0.463 e. The van der Waals surface area contributed by atoms with Crippen molar-refractivity contribution in [1.29, 1.82) is 0 Å². The molecule has 1 N–H and O–H groups in total. The van der Waals surface area contributed by atoms with Gasteiger partial charge in [0, 0.05) is 0 Å². The number of rotatable bonds is 6. The van der Waals surface area contributed by atoms with Crippen LogP contribution in [0.3, 0.4) is 0 Å². The molecule has 0 aromatic carbocycles. The zero-order valence-corrected chi connectivity index (χ0v) is 12.1. The Morgan fingerprint density at radius 3 is 1.86 bits per heavy atom. The van der Waals surface area contributed by atoms with Crippen LogP contribution in [0, 0.1) is 5.92 Å². The van der Waals surface area contributed by atoms with Gasteiger partial charge in [-0.15, -0.1) is 0 Å². The van der Waals surface area contributed by atoms with Gasteiger partial charge in [0.25, 0.3) is 0 Å². The van der Waals surface area contributed by atoms with Gasteiger partial charge in [0.1, 0.15) is 6.04 Å². The number of ether oxygens (including phenoxy) is 1. The molecule has 21 heavy (non-hydrogen) atoms. The minimum absolute atomic E-state index is 0.120. The van der Waals surface area contributed by atoms with Gasteiger partial charge in [0.15, 0.2) is 0 Å². The molecule has 0 bridgehead atoms. The summed E-state index contributed by atoms with van der Waals surface area (Å²) in [7, 11) is 0. The van der Waals surface area contributed by atoms with Crippen LogP contribution in [0.1, 0.15) is 34.1 Å². The van der Waals surface area contributed by atoms with Gasteiger partial charge in [-0.05, 0) is 26.2 Å². The van der Waals surface area contributed by atoms with E-state index in [-0.39, 0.29) is 12.3 Å². The molecule has 0 aliphatic rings. The fourth-order valence-electron chi connectivity index (χ4n) is 1.38. The number of halogens is 5. The lowest BCUT2D eigenvalue weighted by Gasteiger charge is -2.24. The first kappa shape index (κ1) is 19.6. The van der Waals surface area contributed by atoms with Crippen LogP contribution in [-0.2, 0) is 14.3 Å². The Hall–Kier alpha value is -1.41. The van der Waals surface area contributed by atoms with E-state index in [0.717, 1.165) is 0 Å². The maximum atomic E-state index is 12.9. The third-order valence-corrected chi connectivity index (χ3v) is 2.29. The van der Waals surface area contributed by atoms with E-state index in [1.54, 1.807) is 13.8 Å². The van der Waals surface area contributed by atoms with E-state index < -0.39 is 36.1 Å². The quantitative estimate of drug-likeness (QED) is 0.605. The van der Waals surface area contributed by atoms with Crippen molar-refractivity contribution in [1.82, 2.24) is 5.32 Å². The topological polar surface area (TPSA) is 55.4 Å². The number of hydrogen-bond donors (Lipinski definition) is 1. The Morgan fingerprint density at radius 1 is 1.05 bits per heavy atom. The van der Waals surface area contributed by atoms with Crippen LogP contribution in [-0.4, -0.2) is 36.1 Å². The highest BCUT2D eigenvalue weighted by atomic mass is 19.4. The van der Waals surface area contributed by atoms with Crippen LogP contribution in [0.15, 0.2) is 0 Å². The second kappa shape index (κ2) is 7.04. The van der Waals surface area contributed by atoms with Crippen LogP contribution in [0.2, 0.25) is 0 Å². The molecule has 124 valence electrons. The summed E-state index contributed by atoms with van der Waals surface area (Å²) in [6.45, 7) is 6.19. The molecule has 1 unspecified atom stereocenters. The molecule has 0 saturated carbocycles. The molecule has 0 aromatic rings. The van der Waals surface area contributed by atoms with Crippen molar-refractivity contribution < 1.29 is 36.3 Å². The highest BCUT2D eigenvalue weighted by Gasteiger charge is 2.63. The van der Waals surface area contributed by atoms with Crippen molar-refractivity contribution in [3.05, 3.63) is 0 Å². The number of nitrogens with one attached hydrogen (secondary N) is 1. The summed E-state index contributed by atoms with van der Waals surface area (Å²) in [5.41, 5.74) is 0. The highest BCUT2D eigenvalue weighted by Crippen LogP contribution is 2.35. The molecule has 0 heterocycles. The van der Waals surface area contributed by atoms with E-state index in [9.17, 15) is 31.5 Å². The standard InChI is InChI=1S/C12H18F5NO3/c1-6(2)5-8(9(19)21-7(3)4)18-10(20)11(13,14)12(15,16)17/h6-8H,5H2,1-4H3,(H,18,20). The van der Waals surface area contributed by atoms with E-state index in [0.29, 0.717) is 0 Å². The normalized spacial score (nSPS) is 14.2. The SMILES string of the molecule is CC(C)CC(NC(=O)C(F)(F)C(F)(F)F)C(=O)OC(C)C. The molecule has 0 rings (SSSR count). The second-order valence-corrected chi connectivity index (χ2v) is 5.21. The smallest absolute Gasteiger partial charge is 0.461 e. The number of carbonyl (C=O) groups is 2. The first-order valence-electron chi connectivity index (χ1n) is 6.25. The van der Waals surface area contributed by atoms with Gasteiger partial charge in [-0.25, -0.2) is 4.79 Å². The molecule has 1 amide bonds. The summed E-state index contributed by atoms with van der Waals surface area (Å²) in [6, 6.07) is -1.56. The summed E-state index contributed by atoms with van der Waals surface area (Å²) in [5.74, 6) is -9.42. The van der Waals surface area contributed by atoms with Gasteiger partial charge in [-0.2, -0.15) is 22.0 Å². The Labute approximate surface area is 119 Å². The zero-order chi connectivity index (χ0) is 17.0. The predicted octanol–water partition coefficient (Wildman–Crippen LogP) is 2.67. The van der Waals surface area contributed by atoms with Gasteiger partial charge in [-0.1, -0.05) is 13.8 Å². The fourth-order valence-corrected chi connectivity index (χ4v) is 1.38. The van der Waals surface area contributed by atoms with Gasteiger partial charge in [0.05, 0.1) is 6.10 Å². The van der Waals surface area contributed by atoms with Crippen LogP contribution in [0.25, 0.3) is 0 Å². The van der Waals surface area contributed by atoms with Crippen molar-refractivity contribution in [2.24, 2.45) is 5.92 Å². The molecule has 1 atom stereocenters. The van der Waals surface area contributed by atoms with E-state index in [1.165, 1.54) is 19.2 Å². The molecule has 0 spiro atoms. The van der Waals surface area contributed by atoms with E-state index in [1.807, 2.05) is 0 Å². The van der Waals surface area contributed by atoms with Gasteiger partial charge in [0.2, 0.25) is 0 Å². The summed E-state index contributed by atoms with van der Waals surface area (Å²) < 4.78 is 66.7. The third-order valence-electron chi connectivity index (χ3n) is 2.29. The lowest BCUT2D eigenvalue weighted by atomic mass is 10.0. The molecular weight excluding hydrogens is 301 g/mol.